The third kappa shape index (κ3) is 3.96. The molecule has 0 unspecified atom stereocenters. The Bertz CT molecular complexity index is 596. The number of amides is 1. The van der Waals surface area contributed by atoms with E-state index in [0.717, 1.165) is 5.69 Å². The number of pyridine rings is 1. The van der Waals surface area contributed by atoms with Crippen LogP contribution in [-0.4, -0.2) is 20.0 Å². The third-order valence-electron chi connectivity index (χ3n) is 2.82. The molecule has 1 aromatic carbocycles. The van der Waals surface area contributed by atoms with Gasteiger partial charge in [0.2, 0.25) is 6.54 Å². The average molecular weight is 291 g/mol. The molecule has 2 rings (SSSR count). The van der Waals surface area contributed by atoms with E-state index in [2.05, 4.69) is 5.32 Å². The van der Waals surface area contributed by atoms with Crippen LogP contribution in [0.4, 0.5) is 11.4 Å². The van der Waals surface area contributed by atoms with E-state index in [0.29, 0.717) is 10.7 Å². The molecule has 0 atom stereocenters. The van der Waals surface area contributed by atoms with Gasteiger partial charge in [0.05, 0.1) is 0 Å². The van der Waals surface area contributed by atoms with Crippen molar-refractivity contribution in [3.8, 4) is 0 Å². The molecule has 1 N–H and O–H groups in total. The summed E-state index contributed by atoms with van der Waals surface area (Å²) in [4.78, 5) is 13.9. The van der Waals surface area contributed by atoms with Gasteiger partial charge in [0.1, 0.15) is 0 Å². The summed E-state index contributed by atoms with van der Waals surface area (Å²) in [6, 6.07) is 11.0. The molecule has 0 radical (unpaired) electrons. The summed E-state index contributed by atoms with van der Waals surface area (Å²) < 4.78 is 1.83. The Kier molecular flexibility index (Phi) is 4.58. The van der Waals surface area contributed by atoms with Crippen molar-refractivity contribution >= 4 is 28.9 Å². The van der Waals surface area contributed by atoms with E-state index in [9.17, 15) is 4.79 Å². The quantitative estimate of drug-likeness (QED) is 0.878. The van der Waals surface area contributed by atoms with Gasteiger partial charge >= 0.3 is 0 Å². The smallest absolute Gasteiger partial charge is 0.290 e. The Morgan fingerprint density at radius 2 is 1.95 bits per heavy atom. The SMILES string of the molecule is CN(C)c1cc[n+](CC(=O)Nc2cccc(Cl)c2)cc1. The van der Waals surface area contributed by atoms with Gasteiger partial charge in [0.15, 0.2) is 12.4 Å². The predicted octanol–water partition coefficient (Wildman–Crippen LogP) is 2.33. The number of nitrogens with zero attached hydrogens (tertiary/aromatic N) is 2. The van der Waals surface area contributed by atoms with Gasteiger partial charge in [-0.3, -0.25) is 4.79 Å². The number of aromatic nitrogens is 1. The summed E-state index contributed by atoms with van der Waals surface area (Å²) in [6.07, 6.45) is 3.76. The van der Waals surface area contributed by atoms with Crippen LogP contribution in [0.25, 0.3) is 0 Å². The van der Waals surface area contributed by atoms with Crippen molar-refractivity contribution in [3.63, 3.8) is 0 Å². The van der Waals surface area contributed by atoms with Gasteiger partial charge in [-0.1, -0.05) is 17.7 Å². The molecule has 0 saturated carbocycles. The van der Waals surface area contributed by atoms with E-state index in [1.807, 2.05) is 54.2 Å². The first-order valence-corrected chi connectivity index (χ1v) is 6.64. The molecule has 1 aromatic heterocycles. The standard InChI is InChI=1S/C15H16ClN3O/c1-18(2)14-6-8-19(9-7-14)11-15(20)17-13-5-3-4-12(16)10-13/h3-10H,11H2,1-2H3/p+1. The van der Waals surface area contributed by atoms with Crippen molar-refractivity contribution < 1.29 is 9.36 Å². The van der Waals surface area contributed by atoms with E-state index in [-0.39, 0.29) is 12.5 Å². The second kappa shape index (κ2) is 6.39. The number of halogens is 1. The maximum Gasteiger partial charge on any atom is 0.290 e. The lowest BCUT2D eigenvalue weighted by Crippen LogP contribution is -2.39. The summed E-state index contributed by atoms with van der Waals surface area (Å²) >= 11 is 5.87. The number of rotatable bonds is 4. The average Bonchev–Trinajstić information content (AvgIpc) is 2.39. The molecule has 0 bridgehead atoms. The molecule has 104 valence electrons. The third-order valence-corrected chi connectivity index (χ3v) is 3.06. The van der Waals surface area contributed by atoms with E-state index < -0.39 is 0 Å². The molecule has 20 heavy (non-hydrogen) atoms. The fourth-order valence-electron chi connectivity index (χ4n) is 1.79. The molecule has 0 aliphatic carbocycles. The molecule has 5 heteroatoms. The Morgan fingerprint density at radius 3 is 2.55 bits per heavy atom. The molecule has 0 aliphatic heterocycles. The fraction of sp³-hybridized carbons (Fsp3) is 0.200. The summed E-state index contributed by atoms with van der Waals surface area (Å²) in [5.74, 6) is -0.0881. The Morgan fingerprint density at radius 1 is 1.25 bits per heavy atom. The first-order valence-electron chi connectivity index (χ1n) is 6.26. The predicted molar refractivity (Wildman–Crippen MR) is 81.0 cm³/mol. The van der Waals surface area contributed by atoms with E-state index >= 15 is 0 Å². The molecule has 0 fully saturated rings. The van der Waals surface area contributed by atoms with Crippen molar-refractivity contribution in [1.29, 1.82) is 0 Å². The molecule has 0 spiro atoms. The van der Waals surface area contributed by atoms with Crippen LogP contribution in [0.15, 0.2) is 48.8 Å². The van der Waals surface area contributed by atoms with Crippen molar-refractivity contribution in [2.45, 2.75) is 6.54 Å². The minimum Gasteiger partial charge on any atom is -0.377 e. The van der Waals surface area contributed by atoms with Gasteiger partial charge in [0.25, 0.3) is 5.91 Å². The molecule has 0 saturated heterocycles. The highest BCUT2D eigenvalue weighted by Gasteiger charge is 2.10. The van der Waals surface area contributed by atoms with Crippen LogP contribution in [0.2, 0.25) is 5.02 Å². The van der Waals surface area contributed by atoms with Gasteiger partial charge in [0, 0.05) is 42.6 Å². The minimum absolute atomic E-state index is 0.0881. The molecule has 4 nitrogen and oxygen atoms in total. The molecule has 0 aliphatic rings. The molecule has 2 aromatic rings. The Hall–Kier alpha value is -2.07. The van der Waals surface area contributed by atoms with Crippen LogP contribution >= 0.6 is 11.6 Å². The van der Waals surface area contributed by atoms with Crippen LogP contribution < -0.4 is 14.8 Å². The van der Waals surface area contributed by atoms with Crippen molar-refractivity contribution in [1.82, 2.24) is 0 Å². The zero-order valence-electron chi connectivity index (χ0n) is 11.5. The van der Waals surface area contributed by atoms with Gasteiger partial charge in [-0.05, 0) is 18.2 Å². The van der Waals surface area contributed by atoms with Gasteiger partial charge in [-0.25, -0.2) is 0 Å². The van der Waals surface area contributed by atoms with Crippen LogP contribution in [-0.2, 0) is 11.3 Å². The lowest BCUT2D eigenvalue weighted by Gasteiger charge is -2.10. The van der Waals surface area contributed by atoms with Crippen LogP contribution in [0.5, 0.6) is 0 Å². The number of carbonyl (C=O) groups excluding carboxylic acids is 1. The number of carbonyl (C=O) groups is 1. The monoisotopic (exact) mass is 290 g/mol. The Labute approximate surface area is 123 Å². The number of hydrogen-bond donors (Lipinski definition) is 1. The van der Waals surface area contributed by atoms with Crippen molar-refractivity contribution in [3.05, 3.63) is 53.8 Å². The largest absolute Gasteiger partial charge is 0.377 e. The minimum atomic E-state index is -0.0881. The second-order valence-electron chi connectivity index (χ2n) is 4.68. The molecular formula is C15H17ClN3O+. The maximum atomic E-state index is 11.9. The Balaban J connectivity index is 1.97. The highest BCUT2D eigenvalue weighted by atomic mass is 35.5. The zero-order valence-corrected chi connectivity index (χ0v) is 12.3. The van der Waals surface area contributed by atoms with Gasteiger partial charge < -0.3 is 10.2 Å². The summed E-state index contributed by atoms with van der Waals surface area (Å²) in [5, 5.41) is 3.42. The normalized spacial score (nSPS) is 10.2. The number of nitrogens with one attached hydrogen (secondary N) is 1. The molecule has 1 amide bonds. The fourth-order valence-corrected chi connectivity index (χ4v) is 1.98. The van der Waals surface area contributed by atoms with E-state index in [4.69, 9.17) is 11.6 Å². The topological polar surface area (TPSA) is 36.2 Å². The van der Waals surface area contributed by atoms with E-state index in [1.54, 1.807) is 18.2 Å². The highest BCUT2D eigenvalue weighted by Crippen LogP contribution is 2.14. The highest BCUT2D eigenvalue weighted by molar-refractivity contribution is 6.30. The summed E-state index contributed by atoms with van der Waals surface area (Å²) in [7, 11) is 3.96. The number of benzene rings is 1. The van der Waals surface area contributed by atoms with Crippen LogP contribution in [0, 0.1) is 0 Å². The first kappa shape index (κ1) is 14.3. The molecular weight excluding hydrogens is 274 g/mol. The van der Waals surface area contributed by atoms with Crippen molar-refractivity contribution in [2.75, 3.05) is 24.3 Å². The molecule has 1 heterocycles. The van der Waals surface area contributed by atoms with E-state index in [1.165, 1.54) is 0 Å². The first-order chi connectivity index (χ1) is 9.54. The van der Waals surface area contributed by atoms with Crippen LogP contribution in [0.1, 0.15) is 0 Å². The van der Waals surface area contributed by atoms with Crippen LogP contribution in [0.3, 0.4) is 0 Å². The lowest BCUT2D eigenvalue weighted by atomic mass is 10.3. The second-order valence-corrected chi connectivity index (χ2v) is 5.12. The summed E-state index contributed by atoms with van der Waals surface area (Å²) in [5.41, 5.74) is 1.80. The van der Waals surface area contributed by atoms with Gasteiger partial charge in [-0.2, -0.15) is 4.57 Å². The number of anilines is 2. The van der Waals surface area contributed by atoms with Crippen molar-refractivity contribution in [2.24, 2.45) is 0 Å². The maximum absolute atomic E-state index is 11.9. The number of hydrogen-bond acceptors (Lipinski definition) is 2. The van der Waals surface area contributed by atoms with Gasteiger partial charge in [-0.15, -0.1) is 0 Å². The lowest BCUT2D eigenvalue weighted by molar-refractivity contribution is -0.684. The summed E-state index contributed by atoms with van der Waals surface area (Å²) in [6.45, 7) is 0.264. The zero-order chi connectivity index (χ0) is 14.5.